The molecule has 0 atom stereocenters. The first kappa shape index (κ1) is 6.71. The second-order valence-electron chi connectivity index (χ2n) is 1.95. The normalized spacial score (nSPS) is 10.0. The van der Waals surface area contributed by atoms with Crippen LogP contribution in [0.1, 0.15) is 10.4 Å². The molecule has 9 heavy (non-hydrogen) atoms. The summed E-state index contributed by atoms with van der Waals surface area (Å²) in [6.07, 6.45) is 2.86. The molecule has 1 rings (SSSR count). The maximum Gasteiger partial charge on any atom is 0.0442 e. The molecule has 2 N–H and O–H groups in total. The van der Waals surface area contributed by atoms with Crippen LogP contribution in [0.4, 0.5) is 0 Å². The lowest BCUT2D eigenvalue weighted by atomic mass is 10.2. The predicted octanol–water partition coefficient (Wildman–Crippen LogP) is 0.953. The Kier molecular flexibility index (Phi) is 2.19. The summed E-state index contributed by atoms with van der Waals surface area (Å²) in [4.78, 5) is 1.29. The molecule has 0 saturated heterocycles. The van der Waals surface area contributed by atoms with E-state index in [1.165, 1.54) is 22.0 Å². The molecule has 0 unspecified atom stereocenters. The summed E-state index contributed by atoms with van der Waals surface area (Å²) in [5, 5.41) is 0. The summed E-state index contributed by atoms with van der Waals surface area (Å²) in [5.74, 6) is 0. The second-order valence-corrected chi connectivity index (χ2v) is 2.95. The number of hydrogen-bond acceptors (Lipinski definition) is 3. The number of hydrogen-bond donors (Lipinski definition) is 1. The quantitative estimate of drug-likeness (QED) is 0.667. The van der Waals surface area contributed by atoms with Gasteiger partial charge in [0, 0.05) is 11.1 Å². The number of rotatable bonds is 2. The summed E-state index contributed by atoms with van der Waals surface area (Å²) in [6.45, 7) is 2.79. The molecule has 0 aromatic carbocycles. The number of aromatic nitrogens is 1. The average Bonchev–Trinajstić information content (AvgIpc) is 2.18. The van der Waals surface area contributed by atoms with Crippen molar-refractivity contribution >= 4 is 11.5 Å². The van der Waals surface area contributed by atoms with Gasteiger partial charge in [-0.1, -0.05) is 0 Å². The zero-order chi connectivity index (χ0) is 6.69. The van der Waals surface area contributed by atoms with Crippen LogP contribution in [-0.2, 0) is 6.42 Å². The highest BCUT2D eigenvalue weighted by atomic mass is 32.1. The number of nitrogens with two attached hydrogens (primary N) is 1. The van der Waals surface area contributed by atoms with Crippen LogP contribution in [0.25, 0.3) is 0 Å². The van der Waals surface area contributed by atoms with Crippen LogP contribution in [-0.4, -0.2) is 10.9 Å². The summed E-state index contributed by atoms with van der Waals surface area (Å²) in [6, 6.07) is 0. The number of aryl methyl sites for hydroxylation is 1. The molecule has 0 bridgehead atoms. The standard InChI is InChI=1S/C6H10N2S/c1-5-6(2-3-7)4-8-9-5/h4H,2-3,7H2,1H3. The van der Waals surface area contributed by atoms with Crippen LogP contribution in [0.3, 0.4) is 0 Å². The van der Waals surface area contributed by atoms with Crippen molar-refractivity contribution in [1.29, 1.82) is 0 Å². The van der Waals surface area contributed by atoms with E-state index in [0.717, 1.165) is 13.0 Å². The van der Waals surface area contributed by atoms with E-state index in [9.17, 15) is 0 Å². The summed E-state index contributed by atoms with van der Waals surface area (Å²) in [5.41, 5.74) is 6.66. The molecule has 0 amide bonds. The van der Waals surface area contributed by atoms with Crippen LogP contribution in [0.2, 0.25) is 0 Å². The minimum absolute atomic E-state index is 0.721. The zero-order valence-corrected chi connectivity index (χ0v) is 6.24. The highest BCUT2D eigenvalue weighted by Gasteiger charge is 1.96. The van der Waals surface area contributed by atoms with Gasteiger partial charge >= 0.3 is 0 Å². The Balaban J connectivity index is 2.69. The molecule has 3 heteroatoms. The van der Waals surface area contributed by atoms with Crippen molar-refractivity contribution < 1.29 is 0 Å². The average molecular weight is 142 g/mol. The SMILES string of the molecule is Cc1sncc1CCN. The molecule has 1 aromatic heterocycles. The fourth-order valence-electron chi connectivity index (χ4n) is 0.715. The van der Waals surface area contributed by atoms with Gasteiger partial charge in [0.25, 0.3) is 0 Å². The molecule has 2 nitrogen and oxygen atoms in total. The lowest BCUT2D eigenvalue weighted by Gasteiger charge is -1.90. The van der Waals surface area contributed by atoms with Gasteiger partial charge in [-0.15, -0.1) is 0 Å². The minimum Gasteiger partial charge on any atom is -0.330 e. The lowest BCUT2D eigenvalue weighted by Crippen LogP contribution is -2.02. The molecule has 0 aliphatic carbocycles. The summed E-state index contributed by atoms with van der Waals surface area (Å²) >= 11 is 1.54. The van der Waals surface area contributed by atoms with Gasteiger partial charge in [0.2, 0.25) is 0 Å². The fourth-order valence-corrected chi connectivity index (χ4v) is 1.32. The van der Waals surface area contributed by atoms with Crippen LogP contribution in [0, 0.1) is 6.92 Å². The molecular formula is C6H10N2S. The van der Waals surface area contributed by atoms with Gasteiger partial charge in [0.05, 0.1) is 0 Å². The van der Waals surface area contributed by atoms with E-state index in [-0.39, 0.29) is 0 Å². The molecule has 0 fully saturated rings. The monoisotopic (exact) mass is 142 g/mol. The molecule has 1 aromatic rings. The van der Waals surface area contributed by atoms with E-state index in [0.29, 0.717) is 0 Å². The van der Waals surface area contributed by atoms with Gasteiger partial charge in [0.1, 0.15) is 0 Å². The third-order valence-corrected chi connectivity index (χ3v) is 2.01. The highest BCUT2D eigenvalue weighted by Crippen LogP contribution is 2.10. The van der Waals surface area contributed by atoms with Crippen LogP contribution >= 0.6 is 11.5 Å². The van der Waals surface area contributed by atoms with Crippen molar-refractivity contribution in [1.82, 2.24) is 4.37 Å². The molecule has 0 spiro atoms. The molecule has 50 valence electrons. The van der Waals surface area contributed by atoms with Gasteiger partial charge in [-0.05, 0) is 37.0 Å². The van der Waals surface area contributed by atoms with Gasteiger partial charge in [-0.25, -0.2) is 4.37 Å². The first-order valence-electron chi connectivity index (χ1n) is 2.95. The van der Waals surface area contributed by atoms with E-state index in [2.05, 4.69) is 11.3 Å². The Bertz CT molecular complexity index is 183. The van der Waals surface area contributed by atoms with Crippen LogP contribution in [0.5, 0.6) is 0 Å². The first-order valence-corrected chi connectivity index (χ1v) is 3.72. The second kappa shape index (κ2) is 2.94. The van der Waals surface area contributed by atoms with Gasteiger partial charge in [0.15, 0.2) is 0 Å². The van der Waals surface area contributed by atoms with E-state index >= 15 is 0 Å². The Hall–Kier alpha value is -0.410. The van der Waals surface area contributed by atoms with Crippen LogP contribution < -0.4 is 5.73 Å². The van der Waals surface area contributed by atoms with Crippen molar-refractivity contribution in [3.8, 4) is 0 Å². The Labute approximate surface area is 58.9 Å². The van der Waals surface area contributed by atoms with Crippen molar-refractivity contribution in [2.24, 2.45) is 5.73 Å². The topological polar surface area (TPSA) is 38.9 Å². The van der Waals surface area contributed by atoms with Gasteiger partial charge in [-0.3, -0.25) is 0 Å². The molecule has 0 saturated carbocycles. The largest absolute Gasteiger partial charge is 0.330 e. The highest BCUT2D eigenvalue weighted by molar-refractivity contribution is 7.05. The molecule has 0 radical (unpaired) electrons. The van der Waals surface area contributed by atoms with Crippen molar-refractivity contribution in [3.63, 3.8) is 0 Å². The van der Waals surface area contributed by atoms with E-state index in [4.69, 9.17) is 5.73 Å². The molecule has 0 aliphatic heterocycles. The Morgan fingerprint density at radius 2 is 2.56 bits per heavy atom. The van der Waals surface area contributed by atoms with E-state index in [1.807, 2.05) is 6.20 Å². The first-order chi connectivity index (χ1) is 4.34. The zero-order valence-electron chi connectivity index (χ0n) is 5.42. The van der Waals surface area contributed by atoms with Gasteiger partial charge in [-0.2, -0.15) is 0 Å². The smallest absolute Gasteiger partial charge is 0.0442 e. The maximum absolute atomic E-state index is 5.37. The third-order valence-electron chi connectivity index (χ3n) is 1.26. The van der Waals surface area contributed by atoms with E-state index < -0.39 is 0 Å². The maximum atomic E-state index is 5.37. The van der Waals surface area contributed by atoms with Crippen molar-refractivity contribution in [2.45, 2.75) is 13.3 Å². The molecule has 0 aliphatic rings. The molecular weight excluding hydrogens is 132 g/mol. The van der Waals surface area contributed by atoms with Gasteiger partial charge < -0.3 is 5.73 Å². The fraction of sp³-hybridized carbons (Fsp3) is 0.500. The van der Waals surface area contributed by atoms with Crippen molar-refractivity contribution in [2.75, 3.05) is 6.54 Å². The summed E-state index contributed by atoms with van der Waals surface area (Å²) in [7, 11) is 0. The predicted molar refractivity (Wildman–Crippen MR) is 39.6 cm³/mol. The van der Waals surface area contributed by atoms with Crippen LogP contribution in [0.15, 0.2) is 6.20 Å². The number of nitrogens with zero attached hydrogens (tertiary/aromatic N) is 1. The van der Waals surface area contributed by atoms with E-state index in [1.54, 1.807) is 0 Å². The minimum atomic E-state index is 0.721. The summed E-state index contributed by atoms with van der Waals surface area (Å²) < 4.78 is 4.03. The Morgan fingerprint density at radius 1 is 1.78 bits per heavy atom. The lowest BCUT2D eigenvalue weighted by molar-refractivity contribution is 0.963. The van der Waals surface area contributed by atoms with Crippen molar-refractivity contribution in [3.05, 3.63) is 16.6 Å². The Morgan fingerprint density at radius 3 is 3.00 bits per heavy atom. The molecule has 1 heterocycles. The third kappa shape index (κ3) is 1.50.